The summed E-state index contributed by atoms with van der Waals surface area (Å²) in [6.07, 6.45) is 8.97. The van der Waals surface area contributed by atoms with Gasteiger partial charge in [-0.25, -0.2) is 4.98 Å². The second-order valence-corrected chi connectivity index (χ2v) is 7.75. The fourth-order valence-electron chi connectivity index (χ4n) is 3.42. The summed E-state index contributed by atoms with van der Waals surface area (Å²) in [6.45, 7) is 2.64. The molecular weight excluding hydrogens is 344 g/mol. The molecule has 1 fully saturated rings. The molecule has 0 radical (unpaired) electrons. The Hall–Kier alpha value is -1.88. The molecule has 1 aromatic carbocycles. The summed E-state index contributed by atoms with van der Waals surface area (Å²) in [4.78, 5) is 17.0. The Morgan fingerprint density at radius 2 is 1.85 bits per heavy atom. The van der Waals surface area contributed by atoms with E-state index in [1.54, 1.807) is 11.3 Å². The van der Waals surface area contributed by atoms with E-state index in [2.05, 4.69) is 10.3 Å². The molecule has 26 heavy (non-hydrogen) atoms. The van der Waals surface area contributed by atoms with Gasteiger partial charge in [0.05, 0.1) is 18.7 Å². The van der Waals surface area contributed by atoms with Crippen molar-refractivity contribution in [3.63, 3.8) is 0 Å². The summed E-state index contributed by atoms with van der Waals surface area (Å²) in [5, 5.41) is 6.15. The molecule has 5 heteroatoms. The van der Waals surface area contributed by atoms with E-state index in [4.69, 9.17) is 4.74 Å². The lowest BCUT2D eigenvalue weighted by Gasteiger charge is -2.20. The van der Waals surface area contributed by atoms with Crippen molar-refractivity contribution in [1.82, 2.24) is 10.3 Å². The van der Waals surface area contributed by atoms with Gasteiger partial charge in [-0.15, -0.1) is 11.3 Å². The standard InChI is InChI=1S/C21H28N2O2S/c1-2-25-19-12-10-16(11-13-19)21-23-18(15-26-21)14-20(24)22-17-8-6-4-3-5-7-9-17/h10-13,15,17H,2-9,14H2,1H3,(H,22,24). The summed E-state index contributed by atoms with van der Waals surface area (Å²) in [5.41, 5.74) is 1.91. The van der Waals surface area contributed by atoms with E-state index in [1.165, 1.54) is 32.1 Å². The molecule has 1 amide bonds. The fraction of sp³-hybridized carbons (Fsp3) is 0.524. The van der Waals surface area contributed by atoms with Crippen LogP contribution in [0.3, 0.4) is 0 Å². The van der Waals surface area contributed by atoms with Crippen LogP contribution in [-0.2, 0) is 11.2 Å². The maximum absolute atomic E-state index is 12.4. The van der Waals surface area contributed by atoms with Crippen LogP contribution < -0.4 is 10.1 Å². The zero-order chi connectivity index (χ0) is 18.2. The summed E-state index contributed by atoms with van der Waals surface area (Å²) in [5.74, 6) is 0.964. The second kappa shape index (κ2) is 9.72. The highest BCUT2D eigenvalue weighted by Gasteiger charge is 2.15. The number of carbonyl (C=O) groups is 1. The van der Waals surface area contributed by atoms with Crippen LogP contribution in [0.5, 0.6) is 5.75 Å². The van der Waals surface area contributed by atoms with Crippen LogP contribution in [-0.4, -0.2) is 23.5 Å². The second-order valence-electron chi connectivity index (χ2n) is 6.89. The Morgan fingerprint density at radius 1 is 1.15 bits per heavy atom. The van der Waals surface area contributed by atoms with Crippen LogP contribution in [0.2, 0.25) is 0 Å². The monoisotopic (exact) mass is 372 g/mol. The van der Waals surface area contributed by atoms with E-state index >= 15 is 0 Å². The molecule has 140 valence electrons. The summed E-state index contributed by atoms with van der Waals surface area (Å²) in [6, 6.07) is 8.29. The quantitative estimate of drug-likeness (QED) is 0.778. The van der Waals surface area contributed by atoms with Crippen molar-refractivity contribution in [1.29, 1.82) is 0 Å². The average molecular weight is 373 g/mol. The van der Waals surface area contributed by atoms with Gasteiger partial charge in [-0.2, -0.15) is 0 Å². The number of benzene rings is 1. The van der Waals surface area contributed by atoms with Gasteiger partial charge in [0.25, 0.3) is 0 Å². The molecule has 0 saturated heterocycles. The van der Waals surface area contributed by atoms with E-state index in [9.17, 15) is 4.79 Å². The van der Waals surface area contributed by atoms with Gasteiger partial charge in [0.2, 0.25) is 5.91 Å². The zero-order valence-corrected chi connectivity index (χ0v) is 16.3. The van der Waals surface area contributed by atoms with E-state index in [0.717, 1.165) is 34.9 Å². The summed E-state index contributed by atoms with van der Waals surface area (Å²) >= 11 is 1.58. The molecule has 1 saturated carbocycles. The Balaban J connectivity index is 1.54. The van der Waals surface area contributed by atoms with Crippen molar-refractivity contribution in [3.8, 4) is 16.3 Å². The van der Waals surface area contributed by atoms with Crippen molar-refractivity contribution >= 4 is 17.2 Å². The van der Waals surface area contributed by atoms with Gasteiger partial charge in [-0.05, 0) is 44.0 Å². The molecule has 4 nitrogen and oxygen atoms in total. The average Bonchev–Trinajstić information content (AvgIpc) is 3.06. The number of nitrogens with zero attached hydrogens (tertiary/aromatic N) is 1. The lowest BCUT2D eigenvalue weighted by molar-refractivity contribution is -0.121. The van der Waals surface area contributed by atoms with Crippen LogP contribution in [0.15, 0.2) is 29.6 Å². The number of hydrogen-bond acceptors (Lipinski definition) is 4. The number of thiazole rings is 1. The van der Waals surface area contributed by atoms with Gasteiger partial charge in [-0.1, -0.05) is 32.1 Å². The predicted octanol–water partition coefficient (Wildman–Crippen LogP) is 4.98. The Labute approximate surface area is 160 Å². The molecule has 0 unspecified atom stereocenters. The highest BCUT2D eigenvalue weighted by molar-refractivity contribution is 7.13. The minimum atomic E-state index is 0.0964. The number of hydrogen-bond donors (Lipinski definition) is 1. The van der Waals surface area contributed by atoms with E-state index in [0.29, 0.717) is 19.1 Å². The molecule has 1 N–H and O–H groups in total. The molecule has 1 aliphatic rings. The number of ether oxygens (including phenoxy) is 1. The van der Waals surface area contributed by atoms with E-state index < -0.39 is 0 Å². The van der Waals surface area contributed by atoms with Crippen LogP contribution in [0.4, 0.5) is 0 Å². The molecule has 2 aromatic rings. The molecule has 1 aromatic heterocycles. The normalized spacial score (nSPS) is 15.9. The van der Waals surface area contributed by atoms with E-state index in [-0.39, 0.29) is 5.91 Å². The number of nitrogens with one attached hydrogen (secondary N) is 1. The zero-order valence-electron chi connectivity index (χ0n) is 15.5. The first-order valence-corrected chi connectivity index (χ1v) is 10.6. The van der Waals surface area contributed by atoms with Gasteiger partial charge < -0.3 is 10.1 Å². The highest BCUT2D eigenvalue weighted by Crippen LogP contribution is 2.26. The molecule has 0 atom stereocenters. The van der Waals surface area contributed by atoms with Crippen LogP contribution in [0.1, 0.15) is 57.6 Å². The van der Waals surface area contributed by atoms with Crippen LogP contribution in [0.25, 0.3) is 10.6 Å². The summed E-state index contributed by atoms with van der Waals surface area (Å²) in [7, 11) is 0. The Morgan fingerprint density at radius 3 is 2.54 bits per heavy atom. The largest absolute Gasteiger partial charge is 0.494 e. The number of carbonyl (C=O) groups excluding carboxylic acids is 1. The first-order valence-electron chi connectivity index (χ1n) is 9.71. The highest BCUT2D eigenvalue weighted by atomic mass is 32.1. The minimum absolute atomic E-state index is 0.0964. The number of rotatable bonds is 6. The Kier molecular flexibility index (Phi) is 7.06. The fourth-order valence-corrected chi connectivity index (χ4v) is 4.25. The summed E-state index contributed by atoms with van der Waals surface area (Å²) < 4.78 is 5.47. The van der Waals surface area contributed by atoms with Crippen LogP contribution in [0, 0.1) is 0 Å². The first kappa shape index (κ1) is 18.9. The first-order chi connectivity index (χ1) is 12.7. The predicted molar refractivity (Wildman–Crippen MR) is 107 cm³/mol. The SMILES string of the molecule is CCOc1ccc(-c2nc(CC(=O)NC3CCCCCCC3)cs2)cc1. The molecule has 1 aliphatic carbocycles. The maximum Gasteiger partial charge on any atom is 0.226 e. The lowest BCUT2D eigenvalue weighted by Crippen LogP contribution is -2.36. The smallest absolute Gasteiger partial charge is 0.226 e. The molecule has 3 rings (SSSR count). The molecule has 1 heterocycles. The lowest BCUT2D eigenvalue weighted by atomic mass is 9.96. The van der Waals surface area contributed by atoms with Gasteiger partial charge >= 0.3 is 0 Å². The third-order valence-corrected chi connectivity index (χ3v) is 5.72. The van der Waals surface area contributed by atoms with Crippen molar-refractivity contribution < 1.29 is 9.53 Å². The number of amides is 1. The third-order valence-electron chi connectivity index (χ3n) is 4.78. The molecular formula is C21H28N2O2S. The maximum atomic E-state index is 12.4. The van der Waals surface area contributed by atoms with Crippen molar-refractivity contribution in [2.24, 2.45) is 0 Å². The minimum Gasteiger partial charge on any atom is -0.494 e. The van der Waals surface area contributed by atoms with Crippen molar-refractivity contribution in [3.05, 3.63) is 35.3 Å². The van der Waals surface area contributed by atoms with E-state index in [1.807, 2.05) is 36.6 Å². The molecule has 0 aliphatic heterocycles. The van der Waals surface area contributed by atoms with Crippen molar-refractivity contribution in [2.45, 2.75) is 64.3 Å². The topological polar surface area (TPSA) is 51.2 Å². The van der Waals surface area contributed by atoms with Crippen molar-refractivity contribution in [2.75, 3.05) is 6.61 Å². The molecule has 0 bridgehead atoms. The van der Waals surface area contributed by atoms with Gasteiger partial charge in [0.15, 0.2) is 0 Å². The molecule has 0 spiro atoms. The third kappa shape index (κ3) is 5.56. The Bertz CT molecular complexity index is 688. The van der Waals surface area contributed by atoms with Gasteiger partial charge in [0, 0.05) is 17.0 Å². The van der Waals surface area contributed by atoms with Gasteiger partial charge in [-0.3, -0.25) is 4.79 Å². The van der Waals surface area contributed by atoms with Gasteiger partial charge in [0.1, 0.15) is 10.8 Å². The number of aromatic nitrogens is 1. The van der Waals surface area contributed by atoms with Crippen LogP contribution >= 0.6 is 11.3 Å².